The third kappa shape index (κ3) is 3.45. The Morgan fingerprint density at radius 2 is 2.00 bits per heavy atom. The Labute approximate surface area is 160 Å². The van der Waals surface area contributed by atoms with Crippen molar-refractivity contribution in [3.8, 4) is 11.9 Å². The SMILES string of the molecule is N#Cc1cccnc1OC1CCN(C(=O)c2cc(=O)c3ccccc3o2)CC1. The molecule has 1 aromatic carbocycles. The zero-order chi connectivity index (χ0) is 19.5. The number of hydrogen-bond donors (Lipinski definition) is 0. The number of piperidine rings is 1. The van der Waals surface area contributed by atoms with Crippen LogP contribution >= 0.6 is 0 Å². The zero-order valence-corrected chi connectivity index (χ0v) is 15.0. The van der Waals surface area contributed by atoms with Gasteiger partial charge in [-0.25, -0.2) is 4.98 Å². The van der Waals surface area contributed by atoms with Crippen molar-refractivity contribution < 1.29 is 13.9 Å². The largest absolute Gasteiger partial charge is 0.473 e. The lowest BCUT2D eigenvalue weighted by atomic mass is 10.1. The van der Waals surface area contributed by atoms with Gasteiger partial charge in [0.15, 0.2) is 11.2 Å². The number of carbonyl (C=O) groups excluding carboxylic acids is 1. The normalized spacial score (nSPS) is 14.6. The summed E-state index contributed by atoms with van der Waals surface area (Å²) in [4.78, 5) is 30.7. The predicted molar refractivity (Wildman–Crippen MR) is 101 cm³/mol. The highest BCUT2D eigenvalue weighted by molar-refractivity contribution is 5.93. The molecule has 28 heavy (non-hydrogen) atoms. The molecule has 0 unspecified atom stereocenters. The monoisotopic (exact) mass is 375 g/mol. The summed E-state index contributed by atoms with van der Waals surface area (Å²) in [5.74, 6) is 0.0479. The average molecular weight is 375 g/mol. The van der Waals surface area contributed by atoms with E-state index in [1.165, 1.54) is 6.07 Å². The Balaban J connectivity index is 1.44. The number of fused-ring (bicyclic) bond motifs is 1. The van der Waals surface area contributed by atoms with Gasteiger partial charge in [-0.3, -0.25) is 9.59 Å². The van der Waals surface area contributed by atoms with E-state index in [-0.39, 0.29) is 23.2 Å². The summed E-state index contributed by atoms with van der Waals surface area (Å²) in [5.41, 5.74) is 0.553. The van der Waals surface area contributed by atoms with Crippen LogP contribution in [0.2, 0.25) is 0 Å². The van der Waals surface area contributed by atoms with Crippen molar-refractivity contribution in [2.24, 2.45) is 0 Å². The van der Waals surface area contributed by atoms with Crippen molar-refractivity contribution in [2.45, 2.75) is 18.9 Å². The minimum absolute atomic E-state index is 0.0413. The third-order valence-corrected chi connectivity index (χ3v) is 4.74. The molecule has 0 N–H and O–H groups in total. The Morgan fingerprint density at radius 3 is 2.79 bits per heavy atom. The fraction of sp³-hybridized carbons (Fsp3) is 0.238. The van der Waals surface area contributed by atoms with Gasteiger partial charge in [-0.2, -0.15) is 5.26 Å². The van der Waals surface area contributed by atoms with Crippen LogP contribution in [0.25, 0.3) is 11.0 Å². The molecule has 1 amide bonds. The molecule has 2 aromatic heterocycles. The highest BCUT2D eigenvalue weighted by Crippen LogP contribution is 2.21. The van der Waals surface area contributed by atoms with E-state index in [9.17, 15) is 9.59 Å². The second kappa shape index (κ2) is 7.53. The molecule has 0 aliphatic carbocycles. The molecule has 0 spiro atoms. The lowest BCUT2D eigenvalue weighted by Gasteiger charge is -2.31. The Kier molecular flexibility index (Phi) is 4.77. The van der Waals surface area contributed by atoms with E-state index in [4.69, 9.17) is 14.4 Å². The molecule has 0 saturated carbocycles. The number of amides is 1. The summed E-state index contributed by atoms with van der Waals surface area (Å²) >= 11 is 0. The Morgan fingerprint density at radius 1 is 1.21 bits per heavy atom. The molecule has 7 nitrogen and oxygen atoms in total. The van der Waals surface area contributed by atoms with Gasteiger partial charge in [-0.15, -0.1) is 0 Å². The van der Waals surface area contributed by atoms with Crippen LogP contribution in [0, 0.1) is 11.3 Å². The zero-order valence-electron chi connectivity index (χ0n) is 15.0. The summed E-state index contributed by atoms with van der Waals surface area (Å²) in [6.45, 7) is 0.934. The van der Waals surface area contributed by atoms with Crippen molar-refractivity contribution in [3.63, 3.8) is 0 Å². The standard InChI is InChI=1S/C21H17N3O4/c22-13-14-4-3-9-23-20(14)27-15-7-10-24(11-8-15)21(26)19-12-17(25)16-5-1-2-6-18(16)28-19/h1-6,9,12,15H,7-8,10-11H2. The molecule has 7 heteroatoms. The molecule has 140 valence electrons. The highest BCUT2D eigenvalue weighted by Gasteiger charge is 2.27. The maximum atomic E-state index is 12.8. The number of para-hydroxylation sites is 1. The molecule has 1 aliphatic heterocycles. The number of likely N-dealkylation sites (tertiary alicyclic amines) is 1. The van der Waals surface area contributed by atoms with E-state index < -0.39 is 0 Å². The summed E-state index contributed by atoms with van der Waals surface area (Å²) in [6, 6.07) is 13.5. The van der Waals surface area contributed by atoms with Crippen molar-refractivity contribution in [1.29, 1.82) is 5.26 Å². The second-order valence-corrected chi connectivity index (χ2v) is 6.55. The Bertz CT molecular complexity index is 1120. The number of carbonyl (C=O) groups is 1. The molecule has 0 radical (unpaired) electrons. The quantitative estimate of drug-likeness (QED) is 0.698. The predicted octanol–water partition coefficient (Wildman–Crippen LogP) is 2.74. The first kappa shape index (κ1) is 17.7. The van der Waals surface area contributed by atoms with Crippen molar-refractivity contribution >= 4 is 16.9 Å². The molecule has 0 atom stereocenters. The van der Waals surface area contributed by atoms with Crippen LogP contribution in [0.5, 0.6) is 5.88 Å². The smallest absolute Gasteiger partial charge is 0.289 e. The molecule has 1 fully saturated rings. The fourth-order valence-electron chi connectivity index (χ4n) is 3.27. The number of pyridine rings is 1. The summed E-state index contributed by atoms with van der Waals surface area (Å²) < 4.78 is 11.5. The lowest BCUT2D eigenvalue weighted by Crippen LogP contribution is -2.42. The molecular weight excluding hydrogens is 358 g/mol. The number of nitriles is 1. The van der Waals surface area contributed by atoms with Gasteiger partial charge < -0.3 is 14.1 Å². The van der Waals surface area contributed by atoms with Crippen LogP contribution in [0.4, 0.5) is 0 Å². The van der Waals surface area contributed by atoms with Gasteiger partial charge in [0, 0.05) is 38.2 Å². The van der Waals surface area contributed by atoms with E-state index in [1.807, 2.05) is 0 Å². The molecule has 0 bridgehead atoms. The number of aromatic nitrogens is 1. The van der Waals surface area contributed by atoms with Crippen LogP contribution in [0.15, 0.2) is 57.9 Å². The topological polar surface area (TPSA) is 96.4 Å². The molecule has 3 aromatic rings. The van der Waals surface area contributed by atoms with Crippen molar-refractivity contribution in [3.05, 3.63) is 70.2 Å². The number of hydrogen-bond acceptors (Lipinski definition) is 6. The number of rotatable bonds is 3. The number of ether oxygens (including phenoxy) is 1. The van der Waals surface area contributed by atoms with E-state index in [2.05, 4.69) is 11.1 Å². The van der Waals surface area contributed by atoms with Gasteiger partial charge in [0.25, 0.3) is 5.91 Å². The van der Waals surface area contributed by atoms with Crippen molar-refractivity contribution in [2.75, 3.05) is 13.1 Å². The molecular formula is C21H17N3O4. The van der Waals surface area contributed by atoms with Crippen molar-refractivity contribution in [1.82, 2.24) is 9.88 Å². The van der Waals surface area contributed by atoms with Crippen LogP contribution < -0.4 is 10.2 Å². The maximum absolute atomic E-state index is 12.8. The van der Waals surface area contributed by atoms with E-state index in [0.29, 0.717) is 48.3 Å². The third-order valence-electron chi connectivity index (χ3n) is 4.74. The minimum atomic E-state index is -0.308. The second-order valence-electron chi connectivity index (χ2n) is 6.55. The Hall–Kier alpha value is -3.66. The van der Waals surface area contributed by atoms with Gasteiger partial charge >= 0.3 is 0 Å². The highest BCUT2D eigenvalue weighted by atomic mass is 16.5. The first-order valence-electron chi connectivity index (χ1n) is 8.99. The molecule has 3 heterocycles. The number of benzene rings is 1. The van der Waals surface area contributed by atoms with Crippen LogP contribution in [0.3, 0.4) is 0 Å². The first-order chi connectivity index (χ1) is 13.7. The summed E-state index contributed by atoms with van der Waals surface area (Å²) in [5, 5.41) is 9.58. The maximum Gasteiger partial charge on any atom is 0.289 e. The van der Waals surface area contributed by atoms with Gasteiger partial charge in [0.1, 0.15) is 23.3 Å². The molecule has 1 saturated heterocycles. The fourth-order valence-corrected chi connectivity index (χ4v) is 3.27. The van der Waals surface area contributed by atoms with Crippen LogP contribution in [-0.2, 0) is 0 Å². The van der Waals surface area contributed by atoms with Gasteiger partial charge in [0.05, 0.1) is 5.39 Å². The van der Waals surface area contributed by atoms with Gasteiger partial charge in [-0.1, -0.05) is 12.1 Å². The van der Waals surface area contributed by atoms with Gasteiger partial charge in [0.2, 0.25) is 5.88 Å². The average Bonchev–Trinajstić information content (AvgIpc) is 2.74. The van der Waals surface area contributed by atoms with E-state index in [0.717, 1.165) is 0 Å². The first-order valence-corrected chi connectivity index (χ1v) is 8.99. The summed E-state index contributed by atoms with van der Waals surface area (Å²) in [6.07, 6.45) is 2.65. The van der Waals surface area contributed by atoms with E-state index >= 15 is 0 Å². The van der Waals surface area contributed by atoms with Crippen LogP contribution in [0.1, 0.15) is 29.0 Å². The minimum Gasteiger partial charge on any atom is -0.473 e. The summed E-state index contributed by atoms with van der Waals surface area (Å²) in [7, 11) is 0. The lowest BCUT2D eigenvalue weighted by molar-refractivity contribution is 0.0559. The van der Waals surface area contributed by atoms with Gasteiger partial charge in [-0.05, 0) is 24.3 Å². The van der Waals surface area contributed by atoms with E-state index in [1.54, 1.807) is 47.5 Å². The number of nitrogens with zero attached hydrogens (tertiary/aromatic N) is 3. The molecule has 4 rings (SSSR count). The van der Waals surface area contributed by atoms with Crippen LogP contribution in [-0.4, -0.2) is 35.0 Å². The molecule has 1 aliphatic rings.